The van der Waals surface area contributed by atoms with Gasteiger partial charge in [-0.15, -0.1) is 0 Å². The number of hydrogen-bond acceptors (Lipinski definition) is 3. The lowest BCUT2D eigenvalue weighted by Crippen LogP contribution is -2.63. The maximum absolute atomic E-state index is 13.0. The van der Waals surface area contributed by atoms with Gasteiger partial charge in [0.2, 0.25) is 0 Å². The molecule has 3 rings (SSSR count). The average molecular weight is 431 g/mol. The first-order valence-corrected chi connectivity index (χ1v) is 9.04. The van der Waals surface area contributed by atoms with E-state index >= 15 is 0 Å². The van der Waals surface area contributed by atoms with Crippen LogP contribution >= 0.6 is 0 Å². The Hall–Kier alpha value is -2.39. The Morgan fingerprint density at radius 3 is 1.93 bits per heavy atom. The minimum absolute atomic E-state index is 0.00139. The summed E-state index contributed by atoms with van der Waals surface area (Å²) in [5.41, 5.74) is 2.12. The highest BCUT2D eigenvalue weighted by atomic mass is 19.4. The lowest BCUT2D eigenvalue weighted by atomic mass is 9.55. The summed E-state index contributed by atoms with van der Waals surface area (Å²) in [6.45, 7) is -0.443. The molecule has 0 radical (unpaired) electrons. The molecular weight excluding hydrogens is 412 g/mol. The van der Waals surface area contributed by atoms with Gasteiger partial charge in [-0.3, -0.25) is 0 Å². The van der Waals surface area contributed by atoms with Gasteiger partial charge in [0.15, 0.2) is 0 Å². The van der Waals surface area contributed by atoms with E-state index in [4.69, 9.17) is 10.5 Å². The van der Waals surface area contributed by atoms with Crippen LogP contribution in [-0.4, -0.2) is 18.4 Å². The fraction of sp³-hybridized carbons (Fsp3) is 0.381. The number of hydrogen-bond donors (Lipinski definition) is 1. The van der Waals surface area contributed by atoms with Gasteiger partial charge in [-0.1, -0.05) is 30.3 Å². The van der Waals surface area contributed by atoms with Crippen LogP contribution in [0.1, 0.15) is 35.1 Å². The van der Waals surface area contributed by atoms with Crippen molar-refractivity contribution in [2.24, 2.45) is 5.73 Å². The van der Waals surface area contributed by atoms with Gasteiger partial charge >= 0.3 is 12.4 Å². The maximum Gasteiger partial charge on any atom is 0.416 e. The summed E-state index contributed by atoms with van der Waals surface area (Å²) in [5, 5.41) is 0. The fourth-order valence-corrected chi connectivity index (χ4v) is 3.94. The smallest absolute Gasteiger partial charge is 0.376 e. The quantitative estimate of drug-likeness (QED) is 0.525. The molecule has 0 unspecified atom stereocenters. The number of carbonyl (C=O) groups is 1. The summed E-state index contributed by atoms with van der Waals surface area (Å²) >= 11 is 0. The van der Waals surface area contributed by atoms with Crippen molar-refractivity contribution in [3.8, 4) is 0 Å². The van der Waals surface area contributed by atoms with Gasteiger partial charge in [0, 0.05) is 5.41 Å². The Kier molecular flexibility index (Phi) is 5.72. The minimum Gasteiger partial charge on any atom is -0.376 e. The monoisotopic (exact) mass is 431 g/mol. The molecule has 1 saturated carbocycles. The van der Waals surface area contributed by atoms with E-state index in [1.807, 2.05) is 12.1 Å². The number of aldehydes is 1. The third kappa shape index (κ3) is 4.67. The predicted octanol–water partition coefficient (Wildman–Crippen LogP) is 4.87. The third-order valence-corrected chi connectivity index (χ3v) is 5.25. The van der Waals surface area contributed by atoms with Crippen molar-refractivity contribution in [3.05, 3.63) is 70.8 Å². The van der Waals surface area contributed by atoms with Crippen LogP contribution in [0.15, 0.2) is 48.5 Å². The lowest BCUT2D eigenvalue weighted by molar-refractivity contribution is -0.143. The van der Waals surface area contributed by atoms with Crippen molar-refractivity contribution in [2.45, 2.75) is 42.8 Å². The van der Waals surface area contributed by atoms with Crippen LogP contribution in [0.5, 0.6) is 0 Å². The van der Waals surface area contributed by atoms with Crippen LogP contribution in [0.4, 0.5) is 26.3 Å². The van der Waals surface area contributed by atoms with Gasteiger partial charge in [0.05, 0.1) is 29.9 Å². The molecule has 1 aliphatic carbocycles. The molecule has 162 valence electrons. The Bertz CT molecular complexity index is 870. The number of alkyl halides is 6. The zero-order valence-electron chi connectivity index (χ0n) is 15.7. The zero-order valence-corrected chi connectivity index (χ0v) is 15.7. The molecule has 1 fully saturated rings. The summed E-state index contributed by atoms with van der Waals surface area (Å²) in [6, 6.07) is 10.4. The van der Waals surface area contributed by atoms with Gasteiger partial charge in [-0.05, 0) is 42.2 Å². The van der Waals surface area contributed by atoms with Crippen LogP contribution in [0, 0.1) is 0 Å². The van der Waals surface area contributed by atoms with E-state index in [1.54, 1.807) is 18.2 Å². The van der Waals surface area contributed by atoms with Gasteiger partial charge in [-0.2, -0.15) is 26.3 Å². The molecule has 0 amide bonds. The molecule has 0 heterocycles. The van der Waals surface area contributed by atoms with Gasteiger partial charge in [0.25, 0.3) is 0 Å². The second kappa shape index (κ2) is 7.70. The van der Waals surface area contributed by atoms with Crippen molar-refractivity contribution in [1.82, 2.24) is 0 Å². The maximum atomic E-state index is 13.0. The second-order valence-corrected chi connectivity index (χ2v) is 7.76. The molecule has 0 atom stereocenters. The molecule has 0 aliphatic heterocycles. The van der Waals surface area contributed by atoms with Crippen LogP contribution in [0.25, 0.3) is 0 Å². The van der Waals surface area contributed by atoms with Gasteiger partial charge < -0.3 is 15.3 Å². The number of benzene rings is 2. The Balaban J connectivity index is 1.80. The van der Waals surface area contributed by atoms with E-state index < -0.39 is 41.0 Å². The highest BCUT2D eigenvalue weighted by Gasteiger charge is 2.53. The molecule has 0 bridgehead atoms. The van der Waals surface area contributed by atoms with E-state index in [0.717, 1.165) is 5.56 Å². The highest BCUT2D eigenvalue weighted by Crippen LogP contribution is 2.48. The van der Waals surface area contributed by atoms with Gasteiger partial charge in [0.1, 0.15) is 6.29 Å². The van der Waals surface area contributed by atoms with Crippen LogP contribution in [0.2, 0.25) is 0 Å². The molecule has 0 spiro atoms. The average Bonchev–Trinajstić information content (AvgIpc) is 2.65. The molecule has 1 aliphatic rings. The second-order valence-electron chi connectivity index (χ2n) is 7.76. The molecule has 0 aromatic heterocycles. The van der Waals surface area contributed by atoms with Crippen LogP contribution < -0.4 is 5.73 Å². The molecule has 3 nitrogen and oxygen atoms in total. The van der Waals surface area contributed by atoms with Crippen molar-refractivity contribution in [2.75, 3.05) is 6.61 Å². The van der Waals surface area contributed by atoms with Crippen molar-refractivity contribution >= 4 is 6.29 Å². The number of rotatable bonds is 6. The van der Waals surface area contributed by atoms with Crippen molar-refractivity contribution < 1.29 is 35.9 Å². The number of ether oxygens (including phenoxy) is 1. The van der Waals surface area contributed by atoms with E-state index in [9.17, 15) is 31.1 Å². The molecule has 2 aromatic carbocycles. The molecule has 2 N–H and O–H groups in total. The first-order valence-electron chi connectivity index (χ1n) is 9.04. The molecule has 30 heavy (non-hydrogen) atoms. The topological polar surface area (TPSA) is 52.3 Å². The van der Waals surface area contributed by atoms with Crippen molar-refractivity contribution in [3.63, 3.8) is 0 Å². The summed E-state index contributed by atoms with van der Waals surface area (Å²) < 4.78 is 83.6. The molecule has 0 saturated heterocycles. The third-order valence-electron chi connectivity index (χ3n) is 5.25. The number of nitrogens with two attached hydrogens (primary N) is 1. The van der Waals surface area contributed by atoms with Crippen LogP contribution in [-0.2, 0) is 33.9 Å². The van der Waals surface area contributed by atoms with Crippen LogP contribution in [0.3, 0.4) is 0 Å². The lowest BCUT2D eigenvalue weighted by Gasteiger charge is -2.52. The predicted molar refractivity (Wildman–Crippen MR) is 96.4 cm³/mol. The highest BCUT2D eigenvalue weighted by molar-refractivity contribution is 5.68. The first kappa shape index (κ1) is 22.3. The summed E-state index contributed by atoms with van der Waals surface area (Å²) in [4.78, 5) is 11.2. The number of halogens is 6. The van der Waals surface area contributed by atoms with Gasteiger partial charge in [-0.25, -0.2) is 0 Å². The summed E-state index contributed by atoms with van der Waals surface area (Å²) in [6.07, 6.45) is -8.65. The molecule has 2 aromatic rings. The Morgan fingerprint density at radius 1 is 0.933 bits per heavy atom. The normalized spacial score (nSPS) is 24.4. The van der Waals surface area contributed by atoms with Crippen molar-refractivity contribution in [1.29, 1.82) is 0 Å². The molecular formula is C21H19F6NO2. The Labute approximate surface area is 168 Å². The van der Waals surface area contributed by atoms with E-state index in [1.165, 1.54) is 0 Å². The molecule has 9 heteroatoms. The van der Waals surface area contributed by atoms with E-state index in [2.05, 4.69) is 0 Å². The van der Waals surface area contributed by atoms with E-state index in [0.29, 0.717) is 18.4 Å². The Morgan fingerprint density at radius 2 is 1.47 bits per heavy atom. The summed E-state index contributed by atoms with van der Waals surface area (Å²) in [5.74, 6) is 0. The first-order chi connectivity index (χ1) is 13.9. The largest absolute Gasteiger partial charge is 0.416 e. The minimum atomic E-state index is -4.92. The standard InChI is InChI=1S/C21H19F6NO2/c22-20(23,24)16-6-14(7-17(8-16)21(25,26)27)9-30-13-18(10-19(28,11-18)12-29)15-4-2-1-3-5-15/h1-8,12H,9-11,13,28H2. The summed E-state index contributed by atoms with van der Waals surface area (Å²) in [7, 11) is 0. The SMILES string of the molecule is NC1(C=O)CC(COCc2cc(C(F)(F)F)cc(C(F)(F)F)c2)(c2ccccc2)C1. The zero-order chi connectivity index (χ0) is 22.2. The van der Waals surface area contributed by atoms with E-state index in [-0.39, 0.29) is 31.1 Å². The number of carbonyl (C=O) groups excluding carboxylic acids is 1. The fourth-order valence-electron chi connectivity index (χ4n) is 3.94.